The van der Waals surface area contributed by atoms with Crippen LogP contribution in [0.2, 0.25) is 10.0 Å². The number of phenols is 1. The Morgan fingerprint density at radius 2 is 1.95 bits per heavy atom. The number of hydrogen-bond donors (Lipinski definition) is 3. The summed E-state index contributed by atoms with van der Waals surface area (Å²) in [6, 6.07) is 8.68. The van der Waals surface area contributed by atoms with E-state index < -0.39 is 4.92 Å². The van der Waals surface area contributed by atoms with E-state index in [-0.39, 0.29) is 27.3 Å². The lowest BCUT2D eigenvalue weighted by molar-refractivity contribution is -0.384. The molecular weight excluding hydrogens is 349 g/mol. The van der Waals surface area contributed by atoms with E-state index in [1.165, 1.54) is 30.3 Å². The zero-order valence-corrected chi connectivity index (χ0v) is 13.2. The van der Waals surface area contributed by atoms with E-state index in [4.69, 9.17) is 35.4 Å². The number of non-ortho nitro benzene ring substituents is 1. The van der Waals surface area contributed by atoms with Gasteiger partial charge in [-0.25, -0.2) is 0 Å². The lowest BCUT2D eigenvalue weighted by atomic mass is 10.3. The van der Waals surface area contributed by atoms with Crippen LogP contribution in [0.4, 0.5) is 17.1 Å². The Balaban J connectivity index is 2.14. The highest BCUT2D eigenvalue weighted by atomic mass is 35.5. The smallest absolute Gasteiger partial charge is 0.271 e. The van der Waals surface area contributed by atoms with Crippen molar-refractivity contribution in [3.8, 4) is 5.75 Å². The van der Waals surface area contributed by atoms with E-state index in [0.29, 0.717) is 10.7 Å². The average molecular weight is 358 g/mol. The highest BCUT2D eigenvalue weighted by Gasteiger charge is 2.10. The van der Waals surface area contributed by atoms with Gasteiger partial charge in [0, 0.05) is 22.8 Å². The molecule has 0 fully saturated rings. The molecule has 0 radical (unpaired) electrons. The predicted octanol–water partition coefficient (Wildman–Crippen LogP) is 4.42. The number of hydrogen-bond acceptors (Lipinski definition) is 4. The summed E-state index contributed by atoms with van der Waals surface area (Å²) in [7, 11) is 0. The van der Waals surface area contributed by atoms with Crippen molar-refractivity contribution in [2.45, 2.75) is 0 Å². The number of thiocarbonyl (C=S) groups is 1. The van der Waals surface area contributed by atoms with Gasteiger partial charge in [0.05, 0.1) is 15.6 Å². The maximum atomic E-state index is 10.7. The van der Waals surface area contributed by atoms with Gasteiger partial charge in [-0.3, -0.25) is 10.1 Å². The molecule has 114 valence electrons. The monoisotopic (exact) mass is 357 g/mol. The number of nitrogens with one attached hydrogen (secondary N) is 2. The van der Waals surface area contributed by atoms with Crippen LogP contribution >= 0.6 is 35.4 Å². The maximum absolute atomic E-state index is 10.7. The molecule has 3 N–H and O–H groups in total. The molecule has 9 heteroatoms. The fourth-order valence-electron chi connectivity index (χ4n) is 1.64. The molecule has 2 aromatic rings. The largest absolute Gasteiger partial charge is 0.504 e. The van der Waals surface area contributed by atoms with E-state index in [1.807, 2.05) is 0 Å². The second kappa shape index (κ2) is 6.78. The van der Waals surface area contributed by atoms with Crippen molar-refractivity contribution in [3.05, 3.63) is 56.6 Å². The van der Waals surface area contributed by atoms with Crippen LogP contribution in [0.1, 0.15) is 0 Å². The number of aromatic hydroxyl groups is 1. The minimum absolute atomic E-state index is 0.0681. The minimum Gasteiger partial charge on any atom is -0.504 e. The third-order valence-electron chi connectivity index (χ3n) is 2.59. The first-order valence-corrected chi connectivity index (χ1v) is 7.03. The van der Waals surface area contributed by atoms with Crippen molar-refractivity contribution in [1.29, 1.82) is 0 Å². The fraction of sp³-hybridized carbons (Fsp3) is 0. The van der Waals surface area contributed by atoms with Crippen LogP contribution in [-0.4, -0.2) is 15.1 Å². The number of nitro groups is 1. The van der Waals surface area contributed by atoms with Crippen LogP contribution in [0.25, 0.3) is 0 Å². The number of anilines is 2. The van der Waals surface area contributed by atoms with Gasteiger partial charge >= 0.3 is 0 Å². The number of halogens is 2. The molecule has 0 heterocycles. The third-order valence-corrected chi connectivity index (χ3v) is 3.30. The third kappa shape index (κ3) is 3.97. The molecule has 0 bridgehead atoms. The normalized spacial score (nSPS) is 10.1. The van der Waals surface area contributed by atoms with Gasteiger partial charge in [0.15, 0.2) is 10.9 Å². The lowest BCUT2D eigenvalue weighted by Gasteiger charge is -2.12. The lowest BCUT2D eigenvalue weighted by Crippen LogP contribution is -2.19. The van der Waals surface area contributed by atoms with Crippen LogP contribution in [-0.2, 0) is 0 Å². The molecule has 0 spiro atoms. The Morgan fingerprint density at radius 3 is 2.64 bits per heavy atom. The molecule has 22 heavy (non-hydrogen) atoms. The van der Waals surface area contributed by atoms with Crippen LogP contribution in [0.3, 0.4) is 0 Å². The summed E-state index contributed by atoms with van der Waals surface area (Å²) in [6.45, 7) is 0. The molecule has 0 aromatic heterocycles. The molecule has 0 atom stereocenters. The molecule has 0 aliphatic rings. The number of benzene rings is 2. The molecule has 0 amide bonds. The highest BCUT2D eigenvalue weighted by Crippen LogP contribution is 2.35. The van der Waals surface area contributed by atoms with Gasteiger partial charge in [0.2, 0.25) is 0 Å². The summed E-state index contributed by atoms with van der Waals surface area (Å²) < 4.78 is 0. The molecule has 0 saturated heterocycles. The Bertz CT molecular complexity index is 755. The van der Waals surface area contributed by atoms with Crippen molar-refractivity contribution in [3.63, 3.8) is 0 Å². The summed E-state index contributed by atoms with van der Waals surface area (Å²) in [4.78, 5) is 10.2. The van der Waals surface area contributed by atoms with Gasteiger partial charge in [0.1, 0.15) is 0 Å². The Hall–Kier alpha value is -2.09. The van der Waals surface area contributed by atoms with Crippen LogP contribution in [0.15, 0.2) is 36.4 Å². The molecule has 2 aromatic carbocycles. The fourth-order valence-corrected chi connectivity index (χ4v) is 2.36. The van der Waals surface area contributed by atoms with Crippen molar-refractivity contribution < 1.29 is 10.0 Å². The minimum atomic E-state index is -0.510. The molecule has 0 aliphatic carbocycles. The second-order valence-corrected chi connectivity index (χ2v) is 5.42. The Kier molecular flexibility index (Phi) is 5.02. The topological polar surface area (TPSA) is 87.4 Å². The van der Waals surface area contributed by atoms with Gasteiger partial charge < -0.3 is 15.7 Å². The Morgan fingerprint density at radius 1 is 1.23 bits per heavy atom. The SMILES string of the molecule is O=[N+]([O-])c1cccc(NC(=S)Nc2cc(Cl)cc(Cl)c2O)c1. The first-order chi connectivity index (χ1) is 10.4. The van der Waals surface area contributed by atoms with Gasteiger partial charge in [-0.1, -0.05) is 29.3 Å². The maximum Gasteiger partial charge on any atom is 0.271 e. The molecule has 6 nitrogen and oxygen atoms in total. The van der Waals surface area contributed by atoms with Gasteiger partial charge in [-0.05, 0) is 30.4 Å². The van der Waals surface area contributed by atoms with Crippen molar-refractivity contribution in [2.75, 3.05) is 10.6 Å². The van der Waals surface area contributed by atoms with Gasteiger partial charge in [-0.2, -0.15) is 0 Å². The summed E-state index contributed by atoms with van der Waals surface area (Å²) in [5.74, 6) is -0.200. The average Bonchev–Trinajstić information content (AvgIpc) is 2.44. The number of rotatable bonds is 3. The molecule has 0 aliphatic heterocycles. The zero-order chi connectivity index (χ0) is 16.3. The number of phenolic OH excluding ortho intramolecular Hbond substituents is 1. The quantitative estimate of drug-likeness (QED) is 0.326. The summed E-state index contributed by atoms with van der Waals surface area (Å²) >= 11 is 16.7. The van der Waals surface area contributed by atoms with E-state index in [0.717, 1.165) is 0 Å². The van der Waals surface area contributed by atoms with Gasteiger partial charge in [-0.15, -0.1) is 0 Å². The van der Waals surface area contributed by atoms with Crippen LogP contribution in [0.5, 0.6) is 5.75 Å². The Labute approximate surface area is 140 Å². The van der Waals surface area contributed by atoms with Crippen molar-refractivity contribution in [1.82, 2.24) is 0 Å². The number of nitro benzene ring substituents is 1. The van der Waals surface area contributed by atoms with E-state index in [9.17, 15) is 15.2 Å². The molecular formula is C13H9Cl2N3O3S. The van der Waals surface area contributed by atoms with Crippen LogP contribution < -0.4 is 10.6 Å². The number of nitrogens with zero attached hydrogens (tertiary/aromatic N) is 1. The first kappa shape index (κ1) is 16.3. The second-order valence-electron chi connectivity index (χ2n) is 4.17. The summed E-state index contributed by atoms with van der Waals surface area (Å²) in [5.41, 5.74) is 0.584. The van der Waals surface area contributed by atoms with Crippen molar-refractivity contribution >= 4 is 57.6 Å². The summed E-state index contributed by atoms with van der Waals surface area (Å²) in [5, 5.41) is 26.6. The standard InChI is InChI=1S/C13H9Cl2N3O3S/c14-7-4-10(15)12(19)11(5-7)17-13(22)16-8-2-1-3-9(6-8)18(20)21/h1-6,19H,(H2,16,17,22). The summed E-state index contributed by atoms with van der Waals surface area (Å²) in [6.07, 6.45) is 0. The van der Waals surface area contributed by atoms with Crippen LogP contribution in [0, 0.1) is 10.1 Å². The van der Waals surface area contributed by atoms with E-state index >= 15 is 0 Å². The molecule has 2 rings (SSSR count). The van der Waals surface area contributed by atoms with Crippen molar-refractivity contribution in [2.24, 2.45) is 0 Å². The molecule has 0 saturated carbocycles. The van der Waals surface area contributed by atoms with E-state index in [2.05, 4.69) is 10.6 Å². The first-order valence-electron chi connectivity index (χ1n) is 5.87. The van der Waals surface area contributed by atoms with E-state index in [1.54, 1.807) is 6.07 Å². The highest BCUT2D eigenvalue weighted by molar-refractivity contribution is 7.80. The molecule has 0 unspecified atom stereocenters. The predicted molar refractivity (Wildman–Crippen MR) is 91.1 cm³/mol. The van der Waals surface area contributed by atoms with Gasteiger partial charge in [0.25, 0.3) is 5.69 Å². The zero-order valence-electron chi connectivity index (χ0n) is 10.8.